The van der Waals surface area contributed by atoms with Crippen LogP contribution in [-0.2, 0) is 13.7 Å². The van der Waals surface area contributed by atoms with E-state index in [1.807, 2.05) is 36.0 Å². The molecule has 3 rings (SSSR count). The minimum absolute atomic E-state index is 0.232. The van der Waals surface area contributed by atoms with Crippen molar-refractivity contribution in [1.82, 2.24) is 9.78 Å². The summed E-state index contributed by atoms with van der Waals surface area (Å²) in [4.78, 5) is 0. The van der Waals surface area contributed by atoms with Crippen molar-refractivity contribution in [2.45, 2.75) is 6.61 Å². The molecule has 0 fully saturated rings. The van der Waals surface area contributed by atoms with E-state index >= 15 is 0 Å². The van der Waals surface area contributed by atoms with E-state index in [1.165, 1.54) is 0 Å². The Morgan fingerprint density at radius 1 is 1.11 bits per heavy atom. The lowest BCUT2D eigenvalue weighted by atomic mass is 10.2. The largest absolute Gasteiger partial charge is 0.508 e. The molecule has 4 heteroatoms. The predicted octanol–water partition coefficient (Wildman–Crippen LogP) is 2.86. The van der Waals surface area contributed by atoms with E-state index in [1.54, 1.807) is 24.3 Å². The van der Waals surface area contributed by atoms with Crippen molar-refractivity contribution in [3.63, 3.8) is 0 Å². The molecule has 2 aromatic carbocycles. The first kappa shape index (κ1) is 11.6. The fraction of sp³-hybridized carbons (Fsp3) is 0.133. The molecular weight excluding hydrogens is 240 g/mol. The number of phenols is 1. The number of phenolic OH excluding ortho intramolecular Hbond substituents is 1. The summed E-state index contributed by atoms with van der Waals surface area (Å²) in [5.41, 5.74) is 2.00. The first-order chi connectivity index (χ1) is 9.24. The predicted molar refractivity (Wildman–Crippen MR) is 73.2 cm³/mol. The number of hydrogen-bond donors (Lipinski definition) is 1. The average molecular weight is 254 g/mol. The third kappa shape index (κ3) is 2.25. The molecule has 19 heavy (non-hydrogen) atoms. The maximum absolute atomic E-state index is 9.22. The Morgan fingerprint density at radius 2 is 1.84 bits per heavy atom. The number of nitrogens with zero attached hydrogens (tertiary/aromatic N) is 2. The molecule has 0 saturated carbocycles. The van der Waals surface area contributed by atoms with Gasteiger partial charge in [0.1, 0.15) is 23.8 Å². The minimum atomic E-state index is 0.232. The topological polar surface area (TPSA) is 47.3 Å². The normalized spacial score (nSPS) is 10.8. The second kappa shape index (κ2) is 4.65. The number of aryl methyl sites for hydroxylation is 1. The van der Waals surface area contributed by atoms with Crippen LogP contribution in [0.15, 0.2) is 48.5 Å². The van der Waals surface area contributed by atoms with E-state index in [2.05, 4.69) is 5.10 Å². The van der Waals surface area contributed by atoms with Crippen LogP contribution in [0.3, 0.4) is 0 Å². The fourth-order valence-corrected chi connectivity index (χ4v) is 2.09. The summed E-state index contributed by atoms with van der Waals surface area (Å²) in [7, 11) is 1.92. The molecule has 1 N–H and O–H groups in total. The molecule has 0 radical (unpaired) electrons. The van der Waals surface area contributed by atoms with E-state index in [0.29, 0.717) is 12.4 Å². The van der Waals surface area contributed by atoms with Gasteiger partial charge in [0.25, 0.3) is 0 Å². The number of benzene rings is 2. The van der Waals surface area contributed by atoms with Crippen molar-refractivity contribution in [3.05, 3.63) is 54.2 Å². The molecule has 1 heterocycles. The number of aromatic nitrogens is 2. The summed E-state index contributed by atoms with van der Waals surface area (Å²) in [6, 6.07) is 14.7. The highest BCUT2D eigenvalue weighted by Crippen LogP contribution is 2.21. The zero-order valence-electron chi connectivity index (χ0n) is 10.6. The summed E-state index contributed by atoms with van der Waals surface area (Å²) in [6.07, 6.45) is 0. The van der Waals surface area contributed by atoms with Gasteiger partial charge >= 0.3 is 0 Å². The van der Waals surface area contributed by atoms with Crippen molar-refractivity contribution in [1.29, 1.82) is 0 Å². The fourth-order valence-electron chi connectivity index (χ4n) is 2.09. The quantitative estimate of drug-likeness (QED) is 0.781. The van der Waals surface area contributed by atoms with Crippen LogP contribution < -0.4 is 4.74 Å². The van der Waals surface area contributed by atoms with Crippen molar-refractivity contribution in [3.8, 4) is 11.5 Å². The van der Waals surface area contributed by atoms with Crippen LogP contribution in [-0.4, -0.2) is 14.9 Å². The van der Waals surface area contributed by atoms with E-state index in [9.17, 15) is 5.11 Å². The van der Waals surface area contributed by atoms with Gasteiger partial charge in [-0.1, -0.05) is 18.2 Å². The number of para-hydroxylation sites is 1. The van der Waals surface area contributed by atoms with Gasteiger partial charge < -0.3 is 9.84 Å². The van der Waals surface area contributed by atoms with Gasteiger partial charge in [0.05, 0.1) is 5.52 Å². The van der Waals surface area contributed by atoms with Gasteiger partial charge in [-0.2, -0.15) is 5.10 Å². The molecule has 0 aliphatic rings. The molecule has 0 atom stereocenters. The van der Waals surface area contributed by atoms with Crippen LogP contribution >= 0.6 is 0 Å². The molecule has 0 unspecified atom stereocenters. The highest BCUT2D eigenvalue weighted by atomic mass is 16.5. The van der Waals surface area contributed by atoms with E-state index in [4.69, 9.17) is 4.74 Å². The summed E-state index contributed by atoms with van der Waals surface area (Å²) < 4.78 is 7.53. The minimum Gasteiger partial charge on any atom is -0.508 e. The van der Waals surface area contributed by atoms with Gasteiger partial charge in [-0.3, -0.25) is 4.68 Å². The molecule has 0 saturated heterocycles. The van der Waals surface area contributed by atoms with Gasteiger partial charge in [-0.15, -0.1) is 0 Å². The second-order valence-electron chi connectivity index (χ2n) is 4.37. The summed E-state index contributed by atoms with van der Waals surface area (Å²) in [6.45, 7) is 0.409. The van der Waals surface area contributed by atoms with Crippen molar-refractivity contribution < 1.29 is 9.84 Å². The van der Waals surface area contributed by atoms with Gasteiger partial charge in [0.2, 0.25) is 0 Å². The van der Waals surface area contributed by atoms with E-state index in [0.717, 1.165) is 16.6 Å². The van der Waals surface area contributed by atoms with Crippen LogP contribution in [0.2, 0.25) is 0 Å². The van der Waals surface area contributed by atoms with E-state index in [-0.39, 0.29) is 5.75 Å². The molecule has 96 valence electrons. The first-order valence-corrected chi connectivity index (χ1v) is 6.06. The zero-order chi connectivity index (χ0) is 13.2. The molecular formula is C15H14N2O2. The summed E-state index contributed by atoms with van der Waals surface area (Å²) >= 11 is 0. The standard InChI is InChI=1S/C15H14N2O2/c1-17-15-5-3-2-4-13(15)14(16-17)10-19-12-8-6-11(18)7-9-12/h2-9,18H,10H2,1H3. The Bertz CT molecular complexity index is 702. The van der Waals surface area contributed by atoms with Gasteiger partial charge in [-0.05, 0) is 30.3 Å². The molecule has 0 amide bonds. The second-order valence-corrected chi connectivity index (χ2v) is 4.37. The molecule has 3 aromatic rings. The lowest BCUT2D eigenvalue weighted by Crippen LogP contribution is -1.98. The maximum Gasteiger partial charge on any atom is 0.133 e. The van der Waals surface area contributed by atoms with Crippen molar-refractivity contribution in [2.24, 2.45) is 7.05 Å². The molecule has 1 aromatic heterocycles. The van der Waals surface area contributed by atoms with Gasteiger partial charge in [-0.25, -0.2) is 0 Å². The van der Waals surface area contributed by atoms with Crippen LogP contribution in [0.25, 0.3) is 10.9 Å². The first-order valence-electron chi connectivity index (χ1n) is 6.06. The number of ether oxygens (including phenoxy) is 1. The number of fused-ring (bicyclic) bond motifs is 1. The van der Waals surface area contributed by atoms with Gasteiger partial charge in [0.15, 0.2) is 0 Å². The SMILES string of the molecule is Cn1nc(COc2ccc(O)cc2)c2ccccc21. The average Bonchev–Trinajstić information content (AvgIpc) is 2.76. The molecule has 4 nitrogen and oxygen atoms in total. The lowest BCUT2D eigenvalue weighted by molar-refractivity contribution is 0.301. The third-order valence-corrected chi connectivity index (χ3v) is 3.05. The van der Waals surface area contributed by atoms with Crippen LogP contribution in [0.4, 0.5) is 0 Å². The smallest absolute Gasteiger partial charge is 0.133 e. The third-order valence-electron chi connectivity index (χ3n) is 3.05. The molecule has 0 aliphatic carbocycles. The lowest BCUT2D eigenvalue weighted by Gasteiger charge is -2.04. The Hall–Kier alpha value is -2.49. The number of hydrogen-bond acceptors (Lipinski definition) is 3. The Balaban J connectivity index is 1.84. The Labute approximate surface area is 110 Å². The Kier molecular flexibility index (Phi) is 2.83. The summed E-state index contributed by atoms with van der Waals surface area (Å²) in [5, 5.41) is 14.8. The number of rotatable bonds is 3. The molecule has 0 spiro atoms. The molecule has 0 aliphatic heterocycles. The maximum atomic E-state index is 9.22. The number of aromatic hydroxyl groups is 1. The van der Waals surface area contributed by atoms with Crippen LogP contribution in [0, 0.1) is 0 Å². The monoisotopic (exact) mass is 254 g/mol. The van der Waals surface area contributed by atoms with Crippen molar-refractivity contribution in [2.75, 3.05) is 0 Å². The van der Waals surface area contributed by atoms with Crippen molar-refractivity contribution >= 4 is 10.9 Å². The zero-order valence-corrected chi connectivity index (χ0v) is 10.6. The highest BCUT2D eigenvalue weighted by molar-refractivity contribution is 5.81. The summed E-state index contributed by atoms with van der Waals surface area (Å²) in [5.74, 6) is 0.947. The van der Waals surface area contributed by atoms with Crippen LogP contribution in [0.5, 0.6) is 11.5 Å². The van der Waals surface area contributed by atoms with Crippen LogP contribution in [0.1, 0.15) is 5.69 Å². The van der Waals surface area contributed by atoms with Gasteiger partial charge in [0, 0.05) is 12.4 Å². The highest BCUT2D eigenvalue weighted by Gasteiger charge is 2.08. The molecule has 0 bridgehead atoms. The van der Waals surface area contributed by atoms with E-state index < -0.39 is 0 Å². The Morgan fingerprint density at radius 3 is 2.63 bits per heavy atom.